The maximum atomic E-state index is 5.76. The van der Waals surface area contributed by atoms with Crippen LogP contribution in [-0.4, -0.2) is 19.1 Å². The zero-order valence-corrected chi connectivity index (χ0v) is 13.4. The van der Waals surface area contributed by atoms with E-state index in [1.54, 1.807) is 7.11 Å². The molecule has 2 N–H and O–H groups in total. The number of para-hydroxylation sites is 1. The summed E-state index contributed by atoms with van der Waals surface area (Å²) in [6.07, 6.45) is 0. The maximum absolute atomic E-state index is 5.76. The standard InChI is InChI=1S/C16H19BrN2O/c1-19(10-12-7-8-14(18)9-15(12)17)11-13-5-3-4-6-16(13)20-2/h3-9H,10-11,18H2,1-2H3. The number of benzene rings is 2. The normalized spacial score (nSPS) is 10.8. The van der Waals surface area contributed by atoms with Gasteiger partial charge in [-0.05, 0) is 30.8 Å². The van der Waals surface area contributed by atoms with E-state index in [-0.39, 0.29) is 0 Å². The fraction of sp³-hybridized carbons (Fsp3) is 0.250. The van der Waals surface area contributed by atoms with E-state index in [4.69, 9.17) is 10.5 Å². The molecule has 0 aliphatic rings. The molecule has 2 rings (SSSR count). The highest BCUT2D eigenvalue weighted by atomic mass is 79.9. The molecule has 0 bridgehead atoms. The van der Waals surface area contributed by atoms with Crippen LogP contribution in [0.3, 0.4) is 0 Å². The summed E-state index contributed by atoms with van der Waals surface area (Å²) >= 11 is 3.56. The third kappa shape index (κ3) is 3.74. The number of ether oxygens (including phenoxy) is 1. The Bertz CT molecular complexity index is 586. The topological polar surface area (TPSA) is 38.5 Å². The smallest absolute Gasteiger partial charge is 0.123 e. The molecule has 4 heteroatoms. The number of hydrogen-bond acceptors (Lipinski definition) is 3. The zero-order chi connectivity index (χ0) is 14.5. The minimum Gasteiger partial charge on any atom is -0.496 e. The molecular weight excluding hydrogens is 316 g/mol. The monoisotopic (exact) mass is 334 g/mol. The Kier molecular flexibility index (Phi) is 5.04. The van der Waals surface area contributed by atoms with Crippen LogP contribution >= 0.6 is 15.9 Å². The molecule has 0 aliphatic heterocycles. The second kappa shape index (κ2) is 6.77. The highest BCUT2D eigenvalue weighted by Gasteiger charge is 2.08. The molecule has 3 nitrogen and oxygen atoms in total. The second-order valence-corrected chi connectivity index (χ2v) is 5.69. The minimum atomic E-state index is 0.771. The summed E-state index contributed by atoms with van der Waals surface area (Å²) in [4.78, 5) is 2.24. The van der Waals surface area contributed by atoms with Crippen LogP contribution in [0.4, 0.5) is 5.69 Å². The SMILES string of the molecule is COc1ccccc1CN(C)Cc1ccc(N)cc1Br. The summed E-state index contributed by atoms with van der Waals surface area (Å²) < 4.78 is 6.43. The average Bonchev–Trinajstić information content (AvgIpc) is 2.42. The van der Waals surface area contributed by atoms with Crippen LogP contribution in [0.5, 0.6) is 5.75 Å². The number of nitrogens with two attached hydrogens (primary N) is 1. The maximum Gasteiger partial charge on any atom is 0.123 e. The Morgan fingerprint density at radius 2 is 1.80 bits per heavy atom. The summed E-state index contributed by atoms with van der Waals surface area (Å²) in [6.45, 7) is 1.68. The van der Waals surface area contributed by atoms with Crippen LogP contribution in [-0.2, 0) is 13.1 Å². The van der Waals surface area contributed by atoms with Crippen molar-refractivity contribution in [2.75, 3.05) is 19.9 Å². The number of anilines is 1. The minimum absolute atomic E-state index is 0.771. The Labute approximate surface area is 128 Å². The lowest BCUT2D eigenvalue weighted by atomic mass is 10.1. The van der Waals surface area contributed by atoms with E-state index in [1.165, 1.54) is 11.1 Å². The van der Waals surface area contributed by atoms with E-state index in [1.807, 2.05) is 30.3 Å². The Morgan fingerprint density at radius 1 is 1.10 bits per heavy atom. The first kappa shape index (κ1) is 14.9. The molecule has 0 spiro atoms. The van der Waals surface area contributed by atoms with E-state index >= 15 is 0 Å². The quantitative estimate of drug-likeness (QED) is 0.848. The molecule has 0 heterocycles. The molecule has 20 heavy (non-hydrogen) atoms. The lowest BCUT2D eigenvalue weighted by Crippen LogP contribution is -2.18. The zero-order valence-electron chi connectivity index (χ0n) is 11.8. The Hall–Kier alpha value is -1.52. The Balaban J connectivity index is 2.07. The van der Waals surface area contributed by atoms with Crippen LogP contribution < -0.4 is 10.5 Å². The molecule has 0 atom stereocenters. The largest absolute Gasteiger partial charge is 0.496 e. The second-order valence-electron chi connectivity index (χ2n) is 4.83. The van der Waals surface area contributed by atoms with E-state index in [2.05, 4.69) is 40.0 Å². The molecule has 106 valence electrons. The van der Waals surface area contributed by atoms with Crippen molar-refractivity contribution in [2.24, 2.45) is 0 Å². The predicted molar refractivity (Wildman–Crippen MR) is 86.7 cm³/mol. The van der Waals surface area contributed by atoms with Gasteiger partial charge in [0.25, 0.3) is 0 Å². The lowest BCUT2D eigenvalue weighted by Gasteiger charge is -2.19. The van der Waals surface area contributed by atoms with Gasteiger partial charge in [-0.2, -0.15) is 0 Å². The molecule has 0 saturated heterocycles. The van der Waals surface area contributed by atoms with Crippen LogP contribution in [0.1, 0.15) is 11.1 Å². The number of methoxy groups -OCH3 is 1. The van der Waals surface area contributed by atoms with Gasteiger partial charge >= 0.3 is 0 Å². The first-order valence-corrected chi connectivity index (χ1v) is 7.24. The third-order valence-corrected chi connectivity index (χ3v) is 3.89. The molecule has 0 fully saturated rings. The van der Waals surface area contributed by atoms with Gasteiger partial charge < -0.3 is 10.5 Å². The molecule has 0 saturated carbocycles. The number of nitrogen functional groups attached to an aromatic ring is 1. The first-order chi connectivity index (χ1) is 9.60. The van der Waals surface area contributed by atoms with E-state index in [0.29, 0.717) is 0 Å². The number of hydrogen-bond donors (Lipinski definition) is 1. The van der Waals surface area contributed by atoms with Crippen molar-refractivity contribution < 1.29 is 4.74 Å². The van der Waals surface area contributed by atoms with Gasteiger partial charge in [0, 0.05) is 28.8 Å². The van der Waals surface area contributed by atoms with Crippen LogP contribution in [0.15, 0.2) is 46.9 Å². The summed E-state index contributed by atoms with van der Waals surface area (Å²) in [5.74, 6) is 0.927. The molecule has 0 radical (unpaired) electrons. The van der Waals surface area contributed by atoms with Gasteiger partial charge in [0.05, 0.1) is 7.11 Å². The van der Waals surface area contributed by atoms with Crippen molar-refractivity contribution in [3.8, 4) is 5.75 Å². The molecule has 0 amide bonds. The van der Waals surface area contributed by atoms with Gasteiger partial charge in [0.15, 0.2) is 0 Å². The molecule has 0 aromatic heterocycles. The Morgan fingerprint density at radius 3 is 2.50 bits per heavy atom. The van der Waals surface area contributed by atoms with Crippen LogP contribution in [0.25, 0.3) is 0 Å². The number of nitrogens with zero attached hydrogens (tertiary/aromatic N) is 1. The van der Waals surface area contributed by atoms with E-state index < -0.39 is 0 Å². The van der Waals surface area contributed by atoms with Gasteiger partial charge in [-0.1, -0.05) is 40.2 Å². The summed E-state index contributed by atoms with van der Waals surface area (Å²) in [6, 6.07) is 14.0. The van der Waals surface area contributed by atoms with Gasteiger partial charge in [0.1, 0.15) is 5.75 Å². The van der Waals surface area contributed by atoms with Crippen molar-refractivity contribution in [2.45, 2.75) is 13.1 Å². The number of halogens is 1. The lowest BCUT2D eigenvalue weighted by molar-refractivity contribution is 0.309. The fourth-order valence-electron chi connectivity index (χ4n) is 2.16. The summed E-state index contributed by atoms with van der Waals surface area (Å²) in [5, 5.41) is 0. The fourth-order valence-corrected chi connectivity index (χ4v) is 2.68. The van der Waals surface area contributed by atoms with Crippen molar-refractivity contribution in [3.63, 3.8) is 0 Å². The van der Waals surface area contributed by atoms with Gasteiger partial charge in [-0.25, -0.2) is 0 Å². The summed E-state index contributed by atoms with van der Waals surface area (Å²) in [5.41, 5.74) is 8.93. The van der Waals surface area contributed by atoms with Crippen LogP contribution in [0, 0.1) is 0 Å². The van der Waals surface area contributed by atoms with Crippen LogP contribution in [0.2, 0.25) is 0 Å². The van der Waals surface area contributed by atoms with E-state index in [0.717, 1.165) is 29.0 Å². The van der Waals surface area contributed by atoms with Crippen molar-refractivity contribution in [3.05, 3.63) is 58.1 Å². The third-order valence-electron chi connectivity index (χ3n) is 3.15. The predicted octanol–water partition coefficient (Wildman–Crippen LogP) is 3.67. The molecule has 0 unspecified atom stereocenters. The van der Waals surface area contributed by atoms with Crippen molar-refractivity contribution in [1.82, 2.24) is 4.90 Å². The first-order valence-electron chi connectivity index (χ1n) is 6.44. The highest BCUT2D eigenvalue weighted by Crippen LogP contribution is 2.23. The molecule has 2 aromatic carbocycles. The van der Waals surface area contributed by atoms with Gasteiger partial charge in [-0.3, -0.25) is 4.90 Å². The van der Waals surface area contributed by atoms with Crippen molar-refractivity contribution >= 4 is 21.6 Å². The highest BCUT2D eigenvalue weighted by molar-refractivity contribution is 9.10. The molecule has 0 aliphatic carbocycles. The van der Waals surface area contributed by atoms with Gasteiger partial charge in [0.2, 0.25) is 0 Å². The summed E-state index contributed by atoms with van der Waals surface area (Å²) in [7, 11) is 3.80. The number of rotatable bonds is 5. The van der Waals surface area contributed by atoms with Gasteiger partial charge in [-0.15, -0.1) is 0 Å². The van der Waals surface area contributed by atoms with Crippen molar-refractivity contribution in [1.29, 1.82) is 0 Å². The van der Waals surface area contributed by atoms with E-state index in [9.17, 15) is 0 Å². The molecule has 2 aromatic rings. The average molecular weight is 335 g/mol. The molecular formula is C16H19BrN2O.